The molecule has 0 saturated carbocycles. The molecule has 2 aliphatic heterocycles. The second-order valence-electron chi connectivity index (χ2n) is 5.35. The van der Waals surface area contributed by atoms with Crippen molar-refractivity contribution in [3.63, 3.8) is 0 Å². The van der Waals surface area contributed by atoms with Crippen molar-refractivity contribution in [1.29, 1.82) is 0 Å². The van der Waals surface area contributed by atoms with Crippen LogP contribution in [0.25, 0.3) is 0 Å². The summed E-state index contributed by atoms with van der Waals surface area (Å²) >= 11 is 0. The summed E-state index contributed by atoms with van der Waals surface area (Å²) in [5.74, 6) is -1.03. The van der Waals surface area contributed by atoms with E-state index >= 15 is 0 Å². The second-order valence-corrected chi connectivity index (χ2v) is 5.35. The van der Waals surface area contributed by atoms with Crippen LogP contribution in [0.3, 0.4) is 0 Å². The molecule has 0 bridgehead atoms. The summed E-state index contributed by atoms with van der Waals surface area (Å²) in [6, 6.07) is 5.32. The van der Waals surface area contributed by atoms with E-state index < -0.39 is 11.9 Å². The van der Waals surface area contributed by atoms with Gasteiger partial charge >= 0.3 is 6.09 Å². The number of benzene rings is 1. The molecule has 3 amide bonds. The molecule has 2 saturated heterocycles. The van der Waals surface area contributed by atoms with Gasteiger partial charge in [-0.1, -0.05) is 6.07 Å². The van der Waals surface area contributed by atoms with Crippen LogP contribution < -0.4 is 0 Å². The Morgan fingerprint density at radius 3 is 2.55 bits per heavy atom. The normalized spacial score (nSPS) is 19.5. The number of carbonyl (C=O) groups is 3. The molecule has 22 heavy (non-hydrogen) atoms. The molecule has 2 fully saturated rings. The number of piperidine rings is 1. The Balaban J connectivity index is 1.63. The van der Waals surface area contributed by atoms with Gasteiger partial charge in [0.25, 0.3) is 11.8 Å². The quantitative estimate of drug-likeness (QED) is 0.828. The van der Waals surface area contributed by atoms with Gasteiger partial charge in [0.15, 0.2) is 6.61 Å². The molecule has 2 aliphatic rings. The van der Waals surface area contributed by atoms with Crippen LogP contribution in [0.5, 0.6) is 0 Å². The highest BCUT2D eigenvalue weighted by Crippen LogP contribution is 2.22. The lowest BCUT2D eigenvalue weighted by atomic mass is 10.0. The van der Waals surface area contributed by atoms with E-state index in [-0.39, 0.29) is 24.5 Å². The minimum atomic E-state index is -0.611. The largest absolute Gasteiger partial charge is 0.439 e. The van der Waals surface area contributed by atoms with Gasteiger partial charge in [0, 0.05) is 24.7 Å². The summed E-state index contributed by atoms with van der Waals surface area (Å²) in [6.07, 6.45) is 0.393. The first-order valence-electron chi connectivity index (χ1n) is 7.10. The molecule has 6 nitrogen and oxygen atoms in total. The van der Waals surface area contributed by atoms with Crippen LogP contribution in [0.2, 0.25) is 0 Å². The Labute approximate surface area is 126 Å². The number of cyclic esters (lactones) is 1. The van der Waals surface area contributed by atoms with E-state index in [0.717, 1.165) is 4.90 Å². The van der Waals surface area contributed by atoms with Crippen molar-refractivity contribution in [3.8, 4) is 0 Å². The molecule has 0 unspecified atom stereocenters. The van der Waals surface area contributed by atoms with Gasteiger partial charge in [-0.25, -0.2) is 14.1 Å². The predicted molar refractivity (Wildman–Crippen MR) is 73.5 cm³/mol. The fourth-order valence-corrected chi connectivity index (χ4v) is 2.85. The monoisotopic (exact) mass is 306 g/mol. The highest BCUT2D eigenvalue weighted by atomic mass is 19.1. The summed E-state index contributed by atoms with van der Waals surface area (Å²) in [5, 5.41) is 0. The molecule has 3 rings (SSSR count). The van der Waals surface area contributed by atoms with E-state index in [0.29, 0.717) is 31.5 Å². The van der Waals surface area contributed by atoms with E-state index in [4.69, 9.17) is 4.74 Å². The predicted octanol–water partition coefficient (Wildman–Crippen LogP) is 1.41. The van der Waals surface area contributed by atoms with Gasteiger partial charge in [-0.3, -0.25) is 9.59 Å². The van der Waals surface area contributed by atoms with E-state index in [1.165, 1.54) is 18.2 Å². The molecule has 2 heterocycles. The Kier molecular flexibility index (Phi) is 3.79. The fourth-order valence-electron chi connectivity index (χ4n) is 2.85. The molecule has 0 N–H and O–H groups in total. The van der Waals surface area contributed by atoms with Crippen molar-refractivity contribution < 1.29 is 23.5 Å². The first-order chi connectivity index (χ1) is 10.6. The summed E-state index contributed by atoms with van der Waals surface area (Å²) in [5.41, 5.74) is 0.301. The van der Waals surface area contributed by atoms with Crippen LogP contribution in [-0.4, -0.2) is 53.4 Å². The Morgan fingerprint density at radius 1 is 1.23 bits per heavy atom. The maximum atomic E-state index is 13.2. The minimum Gasteiger partial charge on any atom is -0.439 e. The summed E-state index contributed by atoms with van der Waals surface area (Å²) < 4.78 is 17.9. The lowest BCUT2D eigenvalue weighted by Gasteiger charge is -2.34. The van der Waals surface area contributed by atoms with Gasteiger partial charge in [-0.05, 0) is 31.0 Å². The van der Waals surface area contributed by atoms with Crippen LogP contribution >= 0.6 is 0 Å². The van der Waals surface area contributed by atoms with Crippen molar-refractivity contribution in [2.24, 2.45) is 0 Å². The van der Waals surface area contributed by atoms with E-state index in [9.17, 15) is 18.8 Å². The molecule has 0 aliphatic carbocycles. The molecular formula is C15H15FN2O4. The van der Waals surface area contributed by atoms with Gasteiger partial charge in [0.1, 0.15) is 5.82 Å². The van der Waals surface area contributed by atoms with Crippen molar-refractivity contribution in [2.45, 2.75) is 18.9 Å². The molecule has 1 aromatic rings. The maximum Gasteiger partial charge on any atom is 0.417 e. The maximum absolute atomic E-state index is 13.2. The number of imide groups is 1. The van der Waals surface area contributed by atoms with Gasteiger partial charge in [-0.15, -0.1) is 0 Å². The topological polar surface area (TPSA) is 66.9 Å². The van der Waals surface area contributed by atoms with Crippen LogP contribution in [0, 0.1) is 5.82 Å². The van der Waals surface area contributed by atoms with Crippen molar-refractivity contribution >= 4 is 17.9 Å². The molecule has 0 spiro atoms. The standard InChI is InChI=1S/C15H15FN2O4/c16-11-3-1-2-10(8-11)14(20)17-6-4-12(5-7-17)18-13(19)9-22-15(18)21/h1-3,8,12H,4-7,9H2. The van der Waals surface area contributed by atoms with Gasteiger partial charge in [0.05, 0.1) is 0 Å². The van der Waals surface area contributed by atoms with Crippen molar-refractivity contribution in [2.75, 3.05) is 19.7 Å². The number of hydrogen-bond acceptors (Lipinski definition) is 4. The van der Waals surface area contributed by atoms with E-state index in [1.54, 1.807) is 11.0 Å². The zero-order chi connectivity index (χ0) is 15.7. The number of rotatable bonds is 2. The molecular weight excluding hydrogens is 291 g/mol. The SMILES string of the molecule is O=C(c1cccc(F)c1)N1CCC(N2C(=O)COC2=O)CC1. The smallest absolute Gasteiger partial charge is 0.417 e. The molecule has 0 aromatic heterocycles. The number of amides is 3. The Bertz CT molecular complexity index is 610. The number of carbonyl (C=O) groups excluding carboxylic acids is 3. The van der Waals surface area contributed by atoms with E-state index in [2.05, 4.69) is 0 Å². The van der Waals surface area contributed by atoms with Crippen LogP contribution in [0.15, 0.2) is 24.3 Å². The third-order valence-electron chi connectivity index (χ3n) is 3.97. The zero-order valence-electron chi connectivity index (χ0n) is 11.8. The Morgan fingerprint density at radius 2 is 1.95 bits per heavy atom. The first kappa shape index (κ1) is 14.5. The summed E-state index contributed by atoms with van der Waals surface area (Å²) in [7, 11) is 0. The third-order valence-corrected chi connectivity index (χ3v) is 3.97. The number of halogens is 1. The highest BCUT2D eigenvalue weighted by molar-refractivity contribution is 5.98. The number of ether oxygens (including phenoxy) is 1. The fraction of sp³-hybridized carbons (Fsp3) is 0.400. The average Bonchev–Trinajstić information content (AvgIpc) is 2.86. The lowest BCUT2D eigenvalue weighted by molar-refractivity contribution is -0.127. The summed E-state index contributed by atoms with van der Waals surface area (Å²) in [4.78, 5) is 38.2. The van der Waals surface area contributed by atoms with E-state index in [1.807, 2.05) is 0 Å². The number of likely N-dealkylation sites (tertiary alicyclic amines) is 1. The first-order valence-corrected chi connectivity index (χ1v) is 7.10. The Hall–Kier alpha value is -2.44. The minimum absolute atomic E-state index is 0.207. The average molecular weight is 306 g/mol. The van der Waals surface area contributed by atoms with Crippen LogP contribution in [-0.2, 0) is 9.53 Å². The molecule has 116 valence electrons. The second kappa shape index (κ2) is 5.75. The zero-order valence-corrected chi connectivity index (χ0v) is 11.8. The van der Waals surface area contributed by atoms with Crippen molar-refractivity contribution in [3.05, 3.63) is 35.6 Å². The lowest BCUT2D eigenvalue weighted by Crippen LogP contribution is -2.48. The summed E-state index contributed by atoms with van der Waals surface area (Å²) in [6.45, 7) is 0.620. The molecule has 7 heteroatoms. The van der Waals surface area contributed by atoms with Crippen molar-refractivity contribution in [1.82, 2.24) is 9.80 Å². The molecule has 0 radical (unpaired) electrons. The van der Waals surface area contributed by atoms with Gasteiger partial charge in [-0.2, -0.15) is 0 Å². The van der Waals surface area contributed by atoms with Crippen LogP contribution in [0.1, 0.15) is 23.2 Å². The van der Waals surface area contributed by atoms with Gasteiger partial charge < -0.3 is 9.64 Å². The van der Waals surface area contributed by atoms with Crippen LogP contribution in [0.4, 0.5) is 9.18 Å². The number of nitrogens with zero attached hydrogens (tertiary/aromatic N) is 2. The van der Waals surface area contributed by atoms with Gasteiger partial charge in [0.2, 0.25) is 0 Å². The number of hydrogen-bond donors (Lipinski definition) is 0. The highest BCUT2D eigenvalue weighted by Gasteiger charge is 2.39. The molecule has 1 aromatic carbocycles. The molecule has 0 atom stereocenters. The third kappa shape index (κ3) is 2.66.